The fraction of sp³-hybridized carbons (Fsp3) is 0.667. The molecule has 2 heterocycles. The van der Waals surface area contributed by atoms with Crippen molar-refractivity contribution in [1.82, 2.24) is 9.88 Å². The van der Waals surface area contributed by atoms with Gasteiger partial charge in [-0.25, -0.2) is 13.4 Å². The third kappa shape index (κ3) is 4.17. The highest BCUT2D eigenvalue weighted by Gasteiger charge is 2.27. The van der Waals surface area contributed by atoms with Crippen molar-refractivity contribution in [3.8, 4) is 0 Å². The number of nitrogens with one attached hydrogen (secondary N) is 1. The molecule has 0 unspecified atom stereocenters. The van der Waals surface area contributed by atoms with Crippen LogP contribution in [0.5, 0.6) is 0 Å². The number of sulfone groups is 1. The first-order valence-corrected chi connectivity index (χ1v) is 9.24. The Labute approximate surface area is 127 Å². The fourth-order valence-corrected chi connectivity index (χ4v) is 3.47. The molecule has 2 rings (SSSR count). The van der Waals surface area contributed by atoms with E-state index in [1.165, 1.54) is 6.26 Å². The number of pyridine rings is 1. The van der Waals surface area contributed by atoms with Gasteiger partial charge in [0.05, 0.1) is 0 Å². The lowest BCUT2D eigenvalue weighted by Gasteiger charge is -2.41. The Bertz CT molecular complexity index is 585. The van der Waals surface area contributed by atoms with Gasteiger partial charge >= 0.3 is 0 Å². The van der Waals surface area contributed by atoms with Gasteiger partial charge < -0.3 is 5.32 Å². The number of aromatic nitrogens is 1. The van der Waals surface area contributed by atoms with Crippen LogP contribution in [0.1, 0.15) is 33.6 Å². The average molecular weight is 311 g/mol. The quantitative estimate of drug-likeness (QED) is 0.927. The second kappa shape index (κ2) is 5.93. The molecule has 0 aliphatic carbocycles. The Morgan fingerprint density at radius 1 is 1.29 bits per heavy atom. The molecule has 1 fully saturated rings. The first-order valence-electron chi connectivity index (χ1n) is 7.34. The van der Waals surface area contributed by atoms with Crippen molar-refractivity contribution in [2.45, 2.75) is 50.1 Å². The molecule has 0 aromatic carbocycles. The van der Waals surface area contributed by atoms with Crippen molar-refractivity contribution < 1.29 is 8.42 Å². The normalized spacial score (nSPS) is 18.7. The highest BCUT2D eigenvalue weighted by Crippen LogP contribution is 2.24. The standard InChI is InChI=1S/C15H25N3O2S/c1-15(2,3)18-10-7-12(8-11-18)17-14-13(21(4,19)20)6-5-9-16-14/h5-6,9,12H,7-8,10-11H2,1-4H3,(H,16,17). The largest absolute Gasteiger partial charge is 0.366 e. The average Bonchev–Trinajstić information content (AvgIpc) is 2.37. The summed E-state index contributed by atoms with van der Waals surface area (Å²) in [5.74, 6) is 0.481. The molecule has 1 aromatic heterocycles. The van der Waals surface area contributed by atoms with E-state index >= 15 is 0 Å². The Hall–Kier alpha value is -1.14. The molecular formula is C15H25N3O2S. The first-order chi connectivity index (χ1) is 9.68. The summed E-state index contributed by atoms with van der Waals surface area (Å²) in [6, 6.07) is 3.54. The maximum absolute atomic E-state index is 11.8. The second-order valence-electron chi connectivity index (χ2n) is 6.70. The molecule has 0 amide bonds. The lowest BCUT2D eigenvalue weighted by Crippen LogP contribution is -2.48. The molecule has 1 aliphatic rings. The van der Waals surface area contributed by atoms with E-state index in [4.69, 9.17) is 0 Å². The molecule has 0 radical (unpaired) electrons. The number of nitrogens with zero attached hydrogens (tertiary/aromatic N) is 2. The predicted molar refractivity (Wildman–Crippen MR) is 85.3 cm³/mol. The van der Waals surface area contributed by atoms with Gasteiger partial charge in [-0.1, -0.05) is 0 Å². The van der Waals surface area contributed by atoms with Crippen molar-refractivity contribution in [1.29, 1.82) is 0 Å². The monoisotopic (exact) mass is 311 g/mol. The number of anilines is 1. The summed E-state index contributed by atoms with van der Waals surface area (Å²) >= 11 is 0. The number of likely N-dealkylation sites (tertiary alicyclic amines) is 1. The van der Waals surface area contributed by atoms with E-state index in [0.29, 0.717) is 5.82 Å². The lowest BCUT2D eigenvalue weighted by atomic mass is 9.98. The van der Waals surface area contributed by atoms with Crippen LogP contribution in [0, 0.1) is 0 Å². The maximum Gasteiger partial charge on any atom is 0.179 e. The molecule has 118 valence electrons. The summed E-state index contributed by atoms with van der Waals surface area (Å²) in [7, 11) is -3.25. The maximum atomic E-state index is 11.8. The molecule has 1 aromatic rings. The van der Waals surface area contributed by atoms with Gasteiger partial charge in [-0.15, -0.1) is 0 Å². The zero-order valence-electron chi connectivity index (χ0n) is 13.3. The first kappa shape index (κ1) is 16.2. The van der Waals surface area contributed by atoms with E-state index < -0.39 is 9.84 Å². The number of rotatable bonds is 3. The van der Waals surface area contributed by atoms with Crippen LogP contribution in [0.25, 0.3) is 0 Å². The minimum atomic E-state index is -3.25. The predicted octanol–water partition coefficient (Wildman–Crippen LogP) is 2.16. The zero-order chi connectivity index (χ0) is 15.7. The van der Waals surface area contributed by atoms with Gasteiger partial charge in [0.2, 0.25) is 0 Å². The summed E-state index contributed by atoms with van der Waals surface area (Å²) in [5, 5.41) is 3.31. The van der Waals surface area contributed by atoms with Gasteiger partial charge in [-0.2, -0.15) is 0 Å². The smallest absolute Gasteiger partial charge is 0.179 e. The molecule has 6 heteroatoms. The minimum absolute atomic E-state index is 0.188. The lowest BCUT2D eigenvalue weighted by molar-refractivity contribution is 0.106. The van der Waals surface area contributed by atoms with Crippen molar-refractivity contribution in [3.63, 3.8) is 0 Å². The van der Waals surface area contributed by atoms with Crippen LogP contribution in [-0.4, -0.2) is 49.2 Å². The molecule has 1 saturated heterocycles. The highest BCUT2D eigenvalue weighted by molar-refractivity contribution is 7.90. The van der Waals surface area contributed by atoms with E-state index in [1.54, 1.807) is 18.3 Å². The highest BCUT2D eigenvalue weighted by atomic mass is 32.2. The van der Waals surface area contributed by atoms with Crippen LogP contribution in [0.3, 0.4) is 0 Å². The molecule has 1 N–H and O–H groups in total. The van der Waals surface area contributed by atoms with Crippen molar-refractivity contribution in [2.24, 2.45) is 0 Å². The van der Waals surface area contributed by atoms with E-state index in [2.05, 4.69) is 36.0 Å². The molecular weight excluding hydrogens is 286 g/mol. The van der Waals surface area contributed by atoms with Gasteiger partial charge in [0.25, 0.3) is 0 Å². The number of hydrogen-bond acceptors (Lipinski definition) is 5. The molecule has 21 heavy (non-hydrogen) atoms. The third-order valence-corrected chi connectivity index (χ3v) is 5.08. The van der Waals surface area contributed by atoms with Crippen LogP contribution in [0.4, 0.5) is 5.82 Å². The van der Waals surface area contributed by atoms with Crippen LogP contribution >= 0.6 is 0 Å². The molecule has 0 bridgehead atoms. The SMILES string of the molecule is CC(C)(C)N1CCC(Nc2ncccc2S(C)(=O)=O)CC1. The number of piperidine rings is 1. The van der Waals surface area contributed by atoms with Gasteiger partial charge in [0, 0.05) is 37.1 Å². The fourth-order valence-electron chi connectivity index (χ4n) is 2.69. The van der Waals surface area contributed by atoms with Crippen LogP contribution in [-0.2, 0) is 9.84 Å². The summed E-state index contributed by atoms with van der Waals surface area (Å²) in [5.41, 5.74) is 0.188. The van der Waals surface area contributed by atoms with Gasteiger partial charge in [-0.05, 0) is 45.7 Å². The number of hydrogen-bond donors (Lipinski definition) is 1. The molecule has 1 aliphatic heterocycles. The Kier molecular flexibility index (Phi) is 4.58. The molecule has 5 nitrogen and oxygen atoms in total. The van der Waals surface area contributed by atoms with Crippen molar-refractivity contribution >= 4 is 15.7 Å². The molecule has 0 saturated carbocycles. The third-order valence-electron chi connectivity index (χ3n) is 3.95. The summed E-state index contributed by atoms with van der Waals surface area (Å²) in [6.45, 7) is 8.70. The molecule has 0 spiro atoms. The second-order valence-corrected chi connectivity index (χ2v) is 8.68. The van der Waals surface area contributed by atoms with E-state index in [0.717, 1.165) is 25.9 Å². The summed E-state index contributed by atoms with van der Waals surface area (Å²) < 4.78 is 23.6. The summed E-state index contributed by atoms with van der Waals surface area (Å²) in [6.07, 6.45) is 4.84. The van der Waals surface area contributed by atoms with Crippen molar-refractivity contribution in [2.75, 3.05) is 24.7 Å². The zero-order valence-corrected chi connectivity index (χ0v) is 14.1. The van der Waals surface area contributed by atoms with Crippen molar-refractivity contribution in [3.05, 3.63) is 18.3 Å². The Morgan fingerprint density at radius 2 is 1.90 bits per heavy atom. The van der Waals surface area contributed by atoms with Crippen LogP contribution in [0.15, 0.2) is 23.2 Å². The summed E-state index contributed by atoms with van der Waals surface area (Å²) in [4.78, 5) is 6.94. The Balaban J connectivity index is 2.05. The van der Waals surface area contributed by atoms with Crippen LogP contribution < -0.4 is 5.32 Å². The van der Waals surface area contributed by atoms with Gasteiger partial charge in [-0.3, -0.25) is 4.90 Å². The Morgan fingerprint density at radius 3 is 2.43 bits per heavy atom. The molecule has 0 atom stereocenters. The van der Waals surface area contributed by atoms with E-state index in [1.807, 2.05) is 0 Å². The van der Waals surface area contributed by atoms with E-state index in [9.17, 15) is 8.42 Å². The van der Waals surface area contributed by atoms with E-state index in [-0.39, 0.29) is 16.5 Å². The minimum Gasteiger partial charge on any atom is -0.366 e. The van der Waals surface area contributed by atoms with Crippen LogP contribution in [0.2, 0.25) is 0 Å². The van der Waals surface area contributed by atoms with Gasteiger partial charge in [0.1, 0.15) is 10.7 Å². The topological polar surface area (TPSA) is 62.3 Å². The van der Waals surface area contributed by atoms with Gasteiger partial charge in [0.15, 0.2) is 9.84 Å².